The first-order valence-corrected chi connectivity index (χ1v) is 9.51. The van der Waals surface area contributed by atoms with Gasteiger partial charge in [-0.25, -0.2) is 4.98 Å². The van der Waals surface area contributed by atoms with E-state index < -0.39 is 0 Å². The summed E-state index contributed by atoms with van der Waals surface area (Å²) in [5.41, 5.74) is 8.59. The van der Waals surface area contributed by atoms with Crippen molar-refractivity contribution in [2.75, 3.05) is 5.32 Å². The van der Waals surface area contributed by atoms with E-state index in [0.29, 0.717) is 0 Å². The maximum Gasteiger partial charge on any atom is 0.130 e. The van der Waals surface area contributed by atoms with Gasteiger partial charge in [-0.3, -0.25) is 4.98 Å². The van der Waals surface area contributed by atoms with Crippen LogP contribution in [-0.4, -0.2) is 9.97 Å². The van der Waals surface area contributed by atoms with Crippen molar-refractivity contribution < 1.29 is 0 Å². The van der Waals surface area contributed by atoms with Gasteiger partial charge in [0.1, 0.15) is 5.82 Å². The number of nitrogens with zero attached hydrogens (tertiary/aromatic N) is 2. The van der Waals surface area contributed by atoms with Gasteiger partial charge >= 0.3 is 0 Å². The second-order valence-electron chi connectivity index (χ2n) is 7.73. The Morgan fingerprint density at radius 2 is 1.57 bits per heavy atom. The van der Waals surface area contributed by atoms with Crippen LogP contribution in [0.1, 0.15) is 25.0 Å². The number of pyridine rings is 2. The number of hydrogen-bond acceptors (Lipinski definition) is 3. The summed E-state index contributed by atoms with van der Waals surface area (Å²) in [4.78, 5) is 8.75. The topological polar surface area (TPSA) is 37.8 Å². The molecule has 0 bridgehead atoms. The number of benzene rings is 2. The maximum atomic E-state index is 4.58. The lowest BCUT2D eigenvalue weighted by molar-refractivity contribution is 0.660. The van der Waals surface area contributed by atoms with E-state index in [4.69, 9.17) is 0 Å². The molecule has 28 heavy (non-hydrogen) atoms. The Morgan fingerprint density at radius 3 is 2.36 bits per heavy atom. The van der Waals surface area contributed by atoms with Crippen molar-refractivity contribution in [3.63, 3.8) is 0 Å². The summed E-state index contributed by atoms with van der Waals surface area (Å²) in [5.74, 6) is 0.834. The van der Waals surface area contributed by atoms with Crippen molar-refractivity contribution in [1.82, 2.24) is 9.97 Å². The Bertz CT molecular complexity index is 1150. The fourth-order valence-electron chi connectivity index (χ4n) is 4.10. The molecule has 0 fully saturated rings. The molecule has 3 heteroatoms. The lowest BCUT2D eigenvalue weighted by Crippen LogP contribution is -2.15. The van der Waals surface area contributed by atoms with Crippen molar-refractivity contribution in [1.29, 1.82) is 0 Å². The van der Waals surface area contributed by atoms with E-state index in [-0.39, 0.29) is 5.41 Å². The summed E-state index contributed by atoms with van der Waals surface area (Å²) < 4.78 is 0. The highest BCUT2D eigenvalue weighted by molar-refractivity contribution is 5.82. The van der Waals surface area contributed by atoms with Crippen LogP contribution in [0.25, 0.3) is 22.3 Å². The van der Waals surface area contributed by atoms with Crippen LogP contribution in [0.2, 0.25) is 0 Å². The van der Waals surface area contributed by atoms with Crippen LogP contribution in [-0.2, 0) is 5.41 Å². The Morgan fingerprint density at radius 1 is 0.750 bits per heavy atom. The molecule has 2 aromatic carbocycles. The minimum absolute atomic E-state index is 0.00120. The quantitative estimate of drug-likeness (QED) is 0.471. The predicted molar refractivity (Wildman–Crippen MR) is 115 cm³/mol. The first-order valence-electron chi connectivity index (χ1n) is 9.51. The monoisotopic (exact) mass is 363 g/mol. The summed E-state index contributed by atoms with van der Waals surface area (Å²) in [6, 6.07) is 23.4. The Balaban J connectivity index is 1.44. The van der Waals surface area contributed by atoms with Crippen LogP contribution < -0.4 is 5.32 Å². The molecule has 0 atom stereocenters. The number of rotatable bonds is 3. The molecule has 5 rings (SSSR count). The van der Waals surface area contributed by atoms with Gasteiger partial charge in [-0.15, -0.1) is 0 Å². The van der Waals surface area contributed by atoms with Gasteiger partial charge in [-0.1, -0.05) is 50.2 Å². The largest absolute Gasteiger partial charge is 0.340 e. The van der Waals surface area contributed by atoms with Crippen molar-refractivity contribution >= 4 is 11.5 Å². The molecular formula is C25H21N3. The van der Waals surface area contributed by atoms with E-state index in [1.165, 1.54) is 22.3 Å². The van der Waals surface area contributed by atoms with Gasteiger partial charge in [0.25, 0.3) is 0 Å². The zero-order valence-corrected chi connectivity index (χ0v) is 16.0. The molecule has 0 spiro atoms. The van der Waals surface area contributed by atoms with Gasteiger partial charge in [0.05, 0.1) is 0 Å². The summed E-state index contributed by atoms with van der Waals surface area (Å²) in [6.07, 6.45) is 5.51. The number of fused-ring (bicyclic) bond motifs is 3. The highest BCUT2D eigenvalue weighted by atomic mass is 15.0. The molecule has 0 saturated heterocycles. The molecule has 1 aliphatic rings. The van der Waals surface area contributed by atoms with Gasteiger partial charge in [-0.2, -0.15) is 0 Å². The van der Waals surface area contributed by atoms with E-state index in [9.17, 15) is 0 Å². The van der Waals surface area contributed by atoms with Crippen LogP contribution in [0.4, 0.5) is 11.5 Å². The second kappa shape index (κ2) is 6.31. The molecule has 0 saturated carbocycles. The van der Waals surface area contributed by atoms with Gasteiger partial charge in [0, 0.05) is 40.8 Å². The van der Waals surface area contributed by atoms with E-state index in [0.717, 1.165) is 22.6 Å². The van der Waals surface area contributed by atoms with Gasteiger partial charge in [0.2, 0.25) is 0 Å². The summed E-state index contributed by atoms with van der Waals surface area (Å²) >= 11 is 0. The van der Waals surface area contributed by atoms with Crippen LogP contribution >= 0.6 is 0 Å². The summed E-state index contributed by atoms with van der Waals surface area (Å²) in [6.45, 7) is 4.59. The number of hydrogen-bond donors (Lipinski definition) is 1. The Labute approximate surface area is 165 Å². The minimum Gasteiger partial charge on any atom is -0.340 e. The molecular weight excluding hydrogens is 342 g/mol. The van der Waals surface area contributed by atoms with Crippen molar-refractivity contribution in [3.8, 4) is 22.3 Å². The third-order valence-corrected chi connectivity index (χ3v) is 5.61. The normalized spacial score (nSPS) is 13.6. The van der Waals surface area contributed by atoms with E-state index in [2.05, 4.69) is 77.7 Å². The molecule has 1 N–H and O–H groups in total. The average molecular weight is 363 g/mol. The maximum absolute atomic E-state index is 4.58. The zero-order chi connectivity index (χ0) is 19.1. The lowest BCUT2D eigenvalue weighted by atomic mass is 9.82. The minimum atomic E-state index is 0.00120. The van der Waals surface area contributed by atoms with E-state index in [1.807, 2.05) is 30.6 Å². The van der Waals surface area contributed by atoms with Crippen molar-refractivity contribution in [3.05, 3.63) is 96.4 Å². The highest BCUT2D eigenvalue weighted by Crippen LogP contribution is 2.49. The summed E-state index contributed by atoms with van der Waals surface area (Å²) in [5, 5.41) is 3.45. The second-order valence-corrected chi connectivity index (χ2v) is 7.73. The lowest BCUT2D eigenvalue weighted by Gasteiger charge is -2.22. The fraction of sp³-hybridized carbons (Fsp3) is 0.120. The number of anilines is 2. The molecule has 2 heterocycles. The molecule has 4 aromatic rings. The van der Waals surface area contributed by atoms with Gasteiger partial charge in [0.15, 0.2) is 0 Å². The van der Waals surface area contributed by atoms with Gasteiger partial charge in [-0.05, 0) is 52.6 Å². The van der Waals surface area contributed by atoms with Crippen LogP contribution in [0.5, 0.6) is 0 Å². The molecule has 0 aliphatic heterocycles. The first kappa shape index (κ1) is 16.7. The number of aromatic nitrogens is 2. The van der Waals surface area contributed by atoms with E-state index in [1.54, 1.807) is 6.20 Å². The molecule has 2 aromatic heterocycles. The third kappa shape index (κ3) is 2.67. The van der Waals surface area contributed by atoms with Crippen LogP contribution in [0, 0.1) is 0 Å². The third-order valence-electron chi connectivity index (χ3n) is 5.61. The fourth-order valence-corrected chi connectivity index (χ4v) is 4.10. The molecule has 0 unspecified atom stereocenters. The van der Waals surface area contributed by atoms with Crippen molar-refractivity contribution in [2.45, 2.75) is 19.3 Å². The summed E-state index contributed by atoms with van der Waals surface area (Å²) in [7, 11) is 0. The van der Waals surface area contributed by atoms with Crippen molar-refractivity contribution in [2.24, 2.45) is 0 Å². The standard InChI is InChI=1S/C25H21N3/c1-25(2)22-8-4-3-7-20(22)21-11-10-19(14-23(21)25)28-24-12-9-18(16-27-24)17-6-5-13-26-15-17/h3-16H,1-2H3,(H,27,28). The average Bonchev–Trinajstić information content (AvgIpc) is 2.97. The van der Waals surface area contributed by atoms with E-state index >= 15 is 0 Å². The SMILES string of the molecule is CC1(C)c2ccccc2-c2ccc(Nc3ccc(-c4cccnc4)cn3)cc21. The molecule has 3 nitrogen and oxygen atoms in total. The van der Waals surface area contributed by atoms with Gasteiger partial charge < -0.3 is 5.32 Å². The molecule has 0 amide bonds. The molecule has 136 valence electrons. The highest BCUT2D eigenvalue weighted by Gasteiger charge is 2.35. The zero-order valence-electron chi connectivity index (χ0n) is 16.0. The molecule has 1 aliphatic carbocycles. The smallest absolute Gasteiger partial charge is 0.130 e. The number of nitrogens with one attached hydrogen (secondary N) is 1. The van der Waals surface area contributed by atoms with Crippen LogP contribution in [0.3, 0.4) is 0 Å². The molecule has 0 radical (unpaired) electrons. The Hall–Kier alpha value is -3.46. The predicted octanol–water partition coefficient (Wildman–Crippen LogP) is 6.19. The van der Waals surface area contributed by atoms with Crippen LogP contribution in [0.15, 0.2) is 85.3 Å². The first-order chi connectivity index (χ1) is 13.6. The Kier molecular flexibility index (Phi) is 3.76.